The lowest BCUT2D eigenvalue weighted by atomic mass is 10.3. The number of aromatic nitrogens is 1. The molecule has 1 unspecified atom stereocenters. The number of aryl methyl sites for hydroxylation is 1. The summed E-state index contributed by atoms with van der Waals surface area (Å²) in [6.07, 6.45) is 1.88. The van der Waals surface area contributed by atoms with E-state index in [1.807, 2.05) is 13.0 Å². The quantitative estimate of drug-likeness (QED) is 0.775. The van der Waals surface area contributed by atoms with Crippen molar-refractivity contribution >= 4 is 5.69 Å². The summed E-state index contributed by atoms with van der Waals surface area (Å²) in [5.41, 5.74) is 0.817. The van der Waals surface area contributed by atoms with Crippen molar-refractivity contribution in [3.63, 3.8) is 0 Å². The van der Waals surface area contributed by atoms with Crippen molar-refractivity contribution in [3.8, 4) is 0 Å². The van der Waals surface area contributed by atoms with E-state index in [0.717, 1.165) is 5.69 Å². The van der Waals surface area contributed by atoms with Gasteiger partial charge in [0.25, 0.3) is 5.56 Å². The number of nitrogens with zero attached hydrogens (tertiary/aromatic N) is 1. The molecule has 0 saturated carbocycles. The molecule has 4 heteroatoms. The second kappa shape index (κ2) is 4.81. The Kier molecular flexibility index (Phi) is 3.71. The molecule has 0 saturated heterocycles. The molecule has 1 aromatic rings. The van der Waals surface area contributed by atoms with Crippen LogP contribution in [0.4, 0.5) is 5.69 Å². The molecule has 0 spiro atoms. The van der Waals surface area contributed by atoms with Crippen LogP contribution in [0.1, 0.15) is 6.92 Å². The van der Waals surface area contributed by atoms with Crippen LogP contribution in [0.15, 0.2) is 23.1 Å². The van der Waals surface area contributed by atoms with Crippen molar-refractivity contribution in [1.82, 2.24) is 4.57 Å². The molecule has 4 nitrogen and oxygen atoms in total. The average molecular weight is 196 g/mol. The van der Waals surface area contributed by atoms with Gasteiger partial charge in [-0.2, -0.15) is 0 Å². The summed E-state index contributed by atoms with van der Waals surface area (Å²) >= 11 is 0. The SMILES string of the molecule is COC(C)CNc1ccn(C)c(=O)c1. The van der Waals surface area contributed by atoms with E-state index < -0.39 is 0 Å². The van der Waals surface area contributed by atoms with Crippen LogP contribution in [0, 0.1) is 0 Å². The number of ether oxygens (including phenoxy) is 1. The number of pyridine rings is 1. The van der Waals surface area contributed by atoms with E-state index >= 15 is 0 Å². The maximum atomic E-state index is 11.2. The van der Waals surface area contributed by atoms with Crippen LogP contribution in [-0.4, -0.2) is 24.3 Å². The Morgan fingerprint density at radius 1 is 1.64 bits per heavy atom. The monoisotopic (exact) mass is 196 g/mol. The minimum atomic E-state index is -0.0138. The second-order valence-corrected chi connectivity index (χ2v) is 3.29. The van der Waals surface area contributed by atoms with Crippen LogP contribution in [0.3, 0.4) is 0 Å². The fourth-order valence-corrected chi connectivity index (χ4v) is 1.00. The molecule has 1 aromatic heterocycles. The van der Waals surface area contributed by atoms with Crippen LogP contribution < -0.4 is 10.9 Å². The van der Waals surface area contributed by atoms with Crippen molar-refractivity contribution in [3.05, 3.63) is 28.7 Å². The van der Waals surface area contributed by atoms with Gasteiger partial charge in [-0.3, -0.25) is 4.79 Å². The molecule has 0 radical (unpaired) electrons. The zero-order valence-electron chi connectivity index (χ0n) is 8.78. The highest BCUT2D eigenvalue weighted by Crippen LogP contribution is 2.01. The predicted octanol–water partition coefficient (Wildman–Crippen LogP) is 0.832. The minimum absolute atomic E-state index is 0.0138. The Labute approximate surface area is 83.5 Å². The van der Waals surface area contributed by atoms with E-state index in [4.69, 9.17) is 4.74 Å². The van der Waals surface area contributed by atoms with Gasteiger partial charge in [0.15, 0.2) is 0 Å². The first-order chi connectivity index (χ1) is 6.63. The lowest BCUT2D eigenvalue weighted by Gasteiger charge is -2.11. The molecule has 14 heavy (non-hydrogen) atoms. The lowest BCUT2D eigenvalue weighted by molar-refractivity contribution is 0.129. The third-order valence-electron chi connectivity index (χ3n) is 2.10. The molecule has 0 amide bonds. The van der Waals surface area contributed by atoms with E-state index in [9.17, 15) is 4.79 Å². The van der Waals surface area contributed by atoms with E-state index in [0.29, 0.717) is 6.54 Å². The summed E-state index contributed by atoms with van der Waals surface area (Å²) in [7, 11) is 3.39. The van der Waals surface area contributed by atoms with Crippen molar-refractivity contribution in [2.24, 2.45) is 7.05 Å². The number of hydrogen-bond donors (Lipinski definition) is 1. The average Bonchev–Trinajstić information content (AvgIpc) is 2.19. The third-order valence-corrected chi connectivity index (χ3v) is 2.10. The Morgan fingerprint density at radius 2 is 2.36 bits per heavy atom. The minimum Gasteiger partial charge on any atom is -0.382 e. The van der Waals surface area contributed by atoms with Crippen LogP contribution in [0.5, 0.6) is 0 Å². The van der Waals surface area contributed by atoms with Gasteiger partial charge in [0, 0.05) is 38.7 Å². The van der Waals surface area contributed by atoms with Crippen molar-refractivity contribution in [2.45, 2.75) is 13.0 Å². The topological polar surface area (TPSA) is 43.3 Å². The predicted molar refractivity (Wildman–Crippen MR) is 56.6 cm³/mol. The molecular formula is C10H16N2O2. The van der Waals surface area contributed by atoms with Gasteiger partial charge in [-0.15, -0.1) is 0 Å². The smallest absolute Gasteiger partial charge is 0.252 e. The Hall–Kier alpha value is -1.29. The van der Waals surface area contributed by atoms with Crippen molar-refractivity contribution in [2.75, 3.05) is 19.0 Å². The fraction of sp³-hybridized carbons (Fsp3) is 0.500. The van der Waals surface area contributed by atoms with Crippen molar-refractivity contribution < 1.29 is 4.74 Å². The fourth-order valence-electron chi connectivity index (χ4n) is 1.00. The maximum Gasteiger partial charge on any atom is 0.252 e. The molecule has 1 N–H and O–H groups in total. The molecule has 78 valence electrons. The molecule has 0 aromatic carbocycles. The number of rotatable bonds is 4. The van der Waals surface area contributed by atoms with Gasteiger partial charge in [0.05, 0.1) is 6.10 Å². The maximum absolute atomic E-state index is 11.2. The van der Waals surface area contributed by atoms with E-state index in [1.165, 1.54) is 4.57 Å². The molecule has 0 aliphatic rings. The number of nitrogens with one attached hydrogen (secondary N) is 1. The first-order valence-corrected chi connectivity index (χ1v) is 4.57. The van der Waals surface area contributed by atoms with E-state index in [2.05, 4.69) is 5.32 Å². The van der Waals surface area contributed by atoms with Gasteiger partial charge in [-0.1, -0.05) is 0 Å². The highest BCUT2D eigenvalue weighted by atomic mass is 16.5. The largest absolute Gasteiger partial charge is 0.382 e. The summed E-state index contributed by atoms with van der Waals surface area (Å²) in [4.78, 5) is 11.2. The van der Waals surface area contributed by atoms with E-state index in [-0.39, 0.29) is 11.7 Å². The van der Waals surface area contributed by atoms with Crippen molar-refractivity contribution in [1.29, 1.82) is 0 Å². The lowest BCUT2D eigenvalue weighted by Crippen LogP contribution is -2.20. The molecule has 1 rings (SSSR count). The zero-order valence-corrected chi connectivity index (χ0v) is 8.78. The Morgan fingerprint density at radius 3 is 2.93 bits per heavy atom. The zero-order chi connectivity index (χ0) is 10.6. The van der Waals surface area contributed by atoms with Crippen LogP contribution >= 0.6 is 0 Å². The van der Waals surface area contributed by atoms with Gasteiger partial charge in [0.2, 0.25) is 0 Å². The summed E-state index contributed by atoms with van der Waals surface area (Å²) in [6.45, 7) is 2.66. The highest BCUT2D eigenvalue weighted by Gasteiger charge is 1.99. The number of methoxy groups -OCH3 is 1. The Bertz CT molecular complexity index is 346. The van der Waals surface area contributed by atoms with Crippen LogP contribution in [-0.2, 0) is 11.8 Å². The number of anilines is 1. The number of hydrogen-bond acceptors (Lipinski definition) is 3. The normalized spacial score (nSPS) is 12.5. The van der Waals surface area contributed by atoms with Gasteiger partial charge < -0.3 is 14.6 Å². The highest BCUT2D eigenvalue weighted by molar-refractivity contribution is 5.40. The van der Waals surface area contributed by atoms with Gasteiger partial charge in [-0.05, 0) is 13.0 Å². The van der Waals surface area contributed by atoms with Gasteiger partial charge in [0.1, 0.15) is 0 Å². The summed E-state index contributed by atoms with van der Waals surface area (Å²) in [6, 6.07) is 3.44. The molecule has 1 atom stereocenters. The molecule has 0 aliphatic heterocycles. The van der Waals surface area contributed by atoms with Gasteiger partial charge in [-0.25, -0.2) is 0 Å². The first kappa shape index (κ1) is 10.8. The molecule has 0 bridgehead atoms. The molecular weight excluding hydrogens is 180 g/mol. The summed E-state index contributed by atoms with van der Waals surface area (Å²) in [5, 5.41) is 3.13. The Balaban J connectivity index is 2.60. The summed E-state index contributed by atoms with van der Waals surface area (Å²) < 4.78 is 6.61. The van der Waals surface area contributed by atoms with Crippen LogP contribution in [0.2, 0.25) is 0 Å². The second-order valence-electron chi connectivity index (χ2n) is 3.29. The molecule has 0 aliphatic carbocycles. The van der Waals surface area contributed by atoms with Crippen LogP contribution in [0.25, 0.3) is 0 Å². The molecule has 0 fully saturated rings. The first-order valence-electron chi connectivity index (χ1n) is 4.57. The van der Waals surface area contributed by atoms with Gasteiger partial charge >= 0.3 is 0 Å². The summed E-state index contributed by atoms with van der Waals surface area (Å²) in [5.74, 6) is 0. The van der Waals surface area contributed by atoms with E-state index in [1.54, 1.807) is 26.4 Å². The molecule has 1 heterocycles. The third kappa shape index (κ3) is 2.88. The standard InChI is InChI=1S/C10H16N2O2/c1-8(14-3)7-11-9-4-5-12(2)10(13)6-9/h4-6,8,11H,7H2,1-3H3.